The van der Waals surface area contributed by atoms with E-state index >= 15 is 0 Å². The van der Waals surface area contributed by atoms with Crippen molar-refractivity contribution in [3.05, 3.63) is 89.7 Å². The molecule has 32 heavy (non-hydrogen) atoms. The van der Waals surface area contributed by atoms with Crippen molar-refractivity contribution >= 4 is 22.8 Å². The Morgan fingerprint density at radius 2 is 1.78 bits per heavy atom. The molecule has 0 aliphatic heterocycles. The number of nitrogens with one attached hydrogen (secondary N) is 3. The number of halogens is 1. The Hall–Kier alpha value is -3.91. The molecular formula is C24H23FN4O3. The highest BCUT2D eigenvalue weighted by molar-refractivity contribution is 5.99. The molecule has 0 bridgehead atoms. The van der Waals surface area contributed by atoms with Crippen LogP contribution in [-0.4, -0.2) is 29.4 Å². The third-order valence-electron chi connectivity index (χ3n) is 4.74. The van der Waals surface area contributed by atoms with Gasteiger partial charge in [0.1, 0.15) is 18.2 Å². The molecule has 7 nitrogen and oxygen atoms in total. The SMILES string of the molecule is O=C(NCc1ccc(F)cc1)Nc1n[nH]c2cc(OCCOCc3ccccc3)ccc12. The van der Waals surface area contributed by atoms with Gasteiger partial charge in [0.15, 0.2) is 5.82 Å². The molecule has 4 aromatic rings. The van der Waals surface area contributed by atoms with Crippen LogP contribution in [0.5, 0.6) is 5.75 Å². The molecule has 0 unspecified atom stereocenters. The van der Waals surface area contributed by atoms with Crippen molar-refractivity contribution in [3.8, 4) is 5.75 Å². The lowest BCUT2D eigenvalue weighted by Gasteiger charge is -2.08. The maximum absolute atomic E-state index is 13.0. The van der Waals surface area contributed by atoms with Crippen LogP contribution in [-0.2, 0) is 17.9 Å². The van der Waals surface area contributed by atoms with E-state index in [0.717, 1.165) is 22.0 Å². The molecule has 0 radical (unpaired) electrons. The van der Waals surface area contributed by atoms with Gasteiger partial charge >= 0.3 is 6.03 Å². The average molecular weight is 434 g/mol. The largest absolute Gasteiger partial charge is 0.491 e. The zero-order chi connectivity index (χ0) is 22.2. The van der Waals surface area contributed by atoms with Crippen molar-refractivity contribution < 1.29 is 18.7 Å². The van der Waals surface area contributed by atoms with Crippen LogP contribution in [0.2, 0.25) is 0 Å². The number of carbonyl (C=O) groups excluding carboxylic acids is 1. The van der Waals surface area contributed by atoms with Gasteiger partial charge in [-0.05, 0) is 35.4 Å². The molecule has 164 valence electrons. The van der Waals surface area contributed by atoms with Crippen molar-refractivity contribution in [2.75, 3.05) is 18.5 Å². The number of rotatable bonds is 9. The van der Waals surface area contributed by atoms with Gasteiger partial charge < -0.3 is 14.8 Å². The van der Waals surface area contributed by atoms with E-state index < -0.39 is 6.03 Å². The number of fused-ring (bicyclic) bond motifs is 1. The summed E-state index contributed by atoms with van der Waals surface area (Å²) in [6.45, 7) is 1.71. The van der Waals surface area contributed by atoms with Gasteiger partial charge in [-0.15, -0.1) is 0 Å². The summed E-state index contributed by atoms with van der Waals surface area (Å²) in [7, 11) is 0. The van der Waals surface area contributed by atoms with Crippen LogP contribution in [0.25, 0.3) is 10.9 Å². The van der Waals surface area contributed by atoms with Crippen LogP contribution < -0.4 is 15.4 Å². The van der Waals surface area contributed by atoms with E-state index in [0.29, 0.717) is 31.4 Å². The molecular weight excluding hydrogens is 411 g/mol. The minimum absolute atomic E-state index is 0.277. The molecule has 0 spiro atoms. The predicted molar refractivity (Wildman–Crippen MR) is 120 cm³/mol. The Labute approximate surface area is 184 Å². The molecule has 3 aromatic carbocycles. The molecule has 0 atom stereocenters. The summed E-state index contributed by atoms with van der Waals surface area (Å²) in [6.07, 6.45) is 0. The fraction of sp³-hybridized carbons (Fsp3) is 0.167. The summed E-state index contributed by atoms with van der Waals surface area (Å²) in [4.78, 5) is 12.2. The quantitative estimate of drug-likeness (QED) is 0.336. The minimum atomic E-state index is -0.404. The molecule has 2 amide bonds. The summed E-state index contributed by atoms with van der Waals surface area (Å²) in [6, 6.07) is 21.0. The highest BCUT2D eigenvalue weighted by Gasteiger charge is 2.10. The van der Waals surface area contributed by atoms with Crippen molar-refractivity contribution in [1.82, 2.24) is 15.5 Å². The number of hydrogen-bond acceptors (Lipinski definition) is 4. The third-order valence-corrected chi connectivity index (χ3v) is 4.74. The maximum Gasteiger partial charge on any atom is 0.320 e. The first-order valence-corrected chi connectivity index (χ1v) is 10.2. The fourth-order valence-electron chi connectivity index (χ4n) is 3.10. The van der Waals surface area contributed by atoms with Crippen LogP contribution >= 0.6 is 0 Å². The van der Waals surface area contributed by atoms with Crippen LogP contribution in [0.4, 0.5) is 15.0 Å². The number of benzene rings is 3. The number of aromatic nitrogens is 2. The smallest absolute Gasteiger partial charge is 0.320 e. The lowest BCUT2D eigenvalue weighted by atomic mass is 10.2. The number of ether oxygens (including phenoxy) is 2. The minimum Gasteiger partial charge on any atom is -0.491 e. The van der Waals surface area contributed by atoms with Gasteiger partial charge in [0.05, 0.1) is 18.7 Å². The number of H-pyrrole nitrogens is 1. The highest BCUT2D eigenvalue weighted by Crippen LogP contribution is 2.24. The number of nitrogens with zero attached hydrogens (tertiary/aromatic N) is 1. The van der Waals surface area contributed by atoms with E-state index in [4.69, 9.17) is 9.47 Å². The number of urea groups is 1. The normalized spacial score (nSPS) is 10.8. The Morgan fingerprint density at radius 1 is 0.969 bits per heavy atom. The first kappa shape index (κ1) is 21.3. The predicted octanol–water partition coefficient (Wildman–Crippen LogP) is 4.62. The molecule has 0 saturated heterocycles. The first-order valence-electron chi connectivity index (χ1n) is 10.2. The maximum atomic E-state index is 13.0. The van der Waals surface area contributed by atoms with E-state index in [1.54, 1.807) is 12.1 Å². The molecule has 8 heteroatoms. The Balaban J connectivity index is 1.24. The third kappa shape index (κ3) is 5.83. The van der Waals surface area contributed by atoms with Gasteiger partial charge in [-0.2, -0.15) is 5.10 Å². The van der Waals surface area contributed by atoms with Crippen molar-refractivity contribution in [3.63, 3.8) is 0 Å². The molecule has 1 heterocycles. The van der Waals surface area contributed by atoms with Crippen molar-refractivity contribution in [2.45, 2.75) is 13.2 Å². The van der Waals surface area contributed by atoms with E-state index in [2.05, 4.69) is 20.8 Å². The topological polar surface area (TPSA) is 88.3 Å². The lowest BCUT2D eigenvalue weighted by Crippen LogP contribution is -2.28. The zero-order valence-corrected chi connectivity index (χ0v) is 17.3. The molecule has 4 rings (SSSR count). The summed E-state index contributed by atoms with van der Waals surface area (Å²) in [5.74, 6) is 0.773. The average Bonchev–Trinajstić information content (AvgIpc) is 3.21. The van der Waals surface area contributed by atoms with Gasteiger partial charge in [-0.3, -0.25) is 10.4 Å². The number of carbonyl (C=O) groups is 1. The Morgan fingerprint density at radius 3 is 2.59 bits per heavy atom. The standard InChI is InChI=1S/C24H23FN4O3/c25-19-8-6-17(7-9-19)15-26-24(30)27-23-21-11-10-20(14-22(21)28-29-23)32-13-12-31-16-18-4-2-1-3-5-18/h1-11,14H,12-13,15-16H2,(H3,26,27,28,29,30). The second-order valence-corrected chi connectivity index (χ2v) is 7.10. The van der Waals surface area contributed by atoms with E-state index in [1.807, 2.05) is 48.5 Å². The second-order valence-electron chi connectivity index (χ2n) is 7.10. The van der Waals surface area contributed by atoms with E-state index in [9.17, 15) is 9.18 Å². The number of aromatic amines is 1. The zero-order valence-electron chi connectivity index (χ0n) is 17.3. The van der Waals surface area contributed by atoms with Gasteiger partial charge in [0.25, 0.3) is 0 Å². The van der Waals surface area contributed by atoms with Gasteiger partial charge in [-0.1, -0.05) is 42.5 Å². The van der Waals surface area contributed by atoms with Gasteiger partial charge in [0, 0.05) is 18.0 Å². The molecule has 0 fully saturated rings. The van der Waals surface area contributed by atoms with E-state index in [-0.39, 0.29) is 12.4 Å². The van der Waals surface area contributed by atoms with Crippen LogP contribution in [0, 0.1) is 5.82 Å². The monoisotopic (exact) mass is 434 g/mol. The summed E-state index contributed by atoms with van der Waals surface area (Å²) in [5, 5.41) is 13.2. The Bertz CT molecular complexity index is 1160. The molecule has 0 saturated carbocycles. The van der Waals surface area contributed by atoms with Gasteiger partial charge in [0.2, 0.25) is 0 Å². The molecule has 0 aliphatic rings. The summed E-state index contributed by atoms with van der Waals surface area (Å²) in [5.41, 5.74) is 2.65. The Kier molecular flexibility index (Phi) is 6.94. The van der Waals surface area contributed by atoms with Gasteiger partial charge in [-0.25, -0.2) is 9.18 Å². The highest BCUT2D eigenvalue weighted by atomic mass is 19.1. The summed E-state index contributed by atoms with van der Waals surface area (Å²) >= 11 is 0. The van der Waals surface area contributed by atoms with Crippen LogP contribution in [0.15, 0.2) is 72.8 Å². The molecule has 0 aliphatic carbocycles. The van der Waals surface area contributed by atoms with Crippen molar-refractivity contribution in [2.24, 2.45) is 0 Å². The number of amides is 2. The first-order chi connectivity index (χ1) is 15.7. The van der Waals surface area contributed by atoms with Crippen LogP contribution in [0.3, 0.4) is 0 Å². The number of hydrogen-bond donors (Lipinski definition) is 3. The molecule has 1 aromatic heterocycles. The second kappa shape index (κ2) is 10.4. The van der Waals surface area contributed by atoms with Crippen molar-refractivity contribution in [1.29, 1.82) is 0 Å². The summed E-state index contributed by atoms with van der Waals surface area (Å²) < 4.78 is 24.3. The van der Waals surface area contributed by atoms with E-state index in [1.165, 1.54) is 12.1 Å². The lowest BCUT2D eigenvalue weighted by molar-refractivity contribution is 0.0889. The van der Waals surface area contributed by atoms with Crippen LogP contribution in [0.1, 0.15) is 11.1 Å². The molecule has 3 N–H and O–H groups in total. The fourth-order valence-corrected chi connectivity index (χ4v) is 3.10. The number of anilines is 1.